The minimum atomic E-state index is -0.328. The average molecular weight is 582 g/mol. The van der Waals surface area contributed by atoms with Gasteiger partial charge in [0.15, 0.2) is 12.5 Å². The number of rotatable bonds is 5. The van der Waals surface area contributed by atoms with Crippen LogP contribution in [-0.4, -0.2) is 41.6 Å². The molecule has 0 saturated carbocycles. The van der Waals surface area contributed by atoms with Crippen LogP contribution in [0.5, 0.6) is 11.6 Å². The molecule has 1 aliphatic heterocycles. The molecular formula is C31H24FN5O4S. The van der Waals surface area contributed by atoms with Gasteiger partial charge in [-0.15, -0.1) is 0 Å². The van der Waals surface area contributed by atoms with E-state index in [9.17, 15) is 9.18 Å². The van der Waals surface area contributed by atoms with E-state index in [-0.39, 0.29) is 18.5 Å². The van der Waals surface area contributed by atoms with E-state index in [0.717, 1.165) is 11.2 Å². The number of carbonyl (C=O) groups excluding carboxylic acids is 1. The number of nitrogens with one attached hydrogen (secondary N) is 1. The van der Waals surface area contributed by atoms with Crippen LogP contribution in [-0.2, 0) is 6.73 Å². The van der Waals surface area contributed by atoms with Gasteiger partial charge < -0.3 is 28.1 Å². The lowest BCUT2D eigenvalue weighted by Gasteiger charge is -2.22. The number of nitrogens with zero attached hydrogens (tertiary/aromatic N) is 4. The van der Waals surface area contributed by atoms with Crippen LogP contribution < -0.4 is 19.1 Å². The number of amides is 1. The third kappa shape index (κ3) is 3.88. The lowest BCUT2D eigenvalue weighted by molar-refractivity contribution is 0.0964. The van der Waals surface area contributed by atoms with Crippen LogP contribution in [0, 0.1) is 5.82 Å². The van der Waals surface area contributed by atoms with E-state index < -0.39 is 0 Å². The van der Waals surface area contributed by atoms with E-state index in [1.54, 1.807) is 48.9 Å². The molecule has 0 fully saturated rings. The Labute approximate surface area is 245 Å². The first kappa shape index (κ1) is 25.9. The number of carbonyl (C=O) groups is 1. The standard InChI is InChI=1S/C31H24FN5O4S/c1-33-30(38)27-19-12-18(23(36(2)42)14-26(19)41-29(27)16-6-5-11-34-31(16)39-3)21-9-10-25-28(35-21)24-13-17-20(32)7-4-8-22(17)37(24)15-40-25/h4-14,42H,15H2,1-3H3,(H,33,38). The van der Waals surface area contributed by atoms with Crippen LogP contribution in [0.25, 0.3) is 55.8 Å². The summed E-state index contributed by atoms with van der Waals surface area (Å²) >= 11 is 4.60. The lowest BCUT2D eigenvalue weighted by Crippen LogP contribution is -2.18. The Morgan fingerprint density at radius 3 is 2.76 bits per heavy atom. The zero-order valence-electron chi connectivity index (χ0n) is 22.8. The van der Waals surface area contributed by atoms with Crippen LogP contribution in [0.3, 0.4) is 0 Å². The fourth-order valence-corrected chi connectivity index (χ4v) is 5.65. The van der Waals surface area contributed by atoms with Gasteiger partial charge in [-0.2, -0.15) is 0 Å². The first-order valence-electron chi connectivity index (χ1n) is 13.1. The number of hydrogen-bond donors (Lipinski definition) is 2. The predicted octanol–water partition coefficient (Wildman–Crippen LogP) is 6.32. The van der Waals surface area contributed by atoms with Crippen molar-refractivity contribution in [2.45, 2.75) is 6.73 Å². The maximum atomic E-state index is 14.6. The van der Waals surface area contributed by atoms with Gasteiger partial charge in [0.1, 0.15) is 22.8 Å². The summed E-state index contributed by atoms with van der Waals surface area (Å²) in [6, 6.07) is 17.7. The molecule has 0 bridgehead atoms. The topological polar surface area (TPSA) is 94.6 Å². The molecular weight excluding hydrogens is 557 g/mol. The van der Waals surface area contributed by atoms with E-state index in [2.05, 4.69) is 23.1 Å². The monoisotopic (exact) mass is 581 g/mol. The molecule has 1 N–H and O–H groups in total. The van der Waals surface area contributed by atoms with E-state index in [1.165, 1.54) is 13.2 Å². The highest BCUT2D eigenvalue weighted by Crippen LogP contribution is 2.44. The number of anilines is 1. The molecule has 0 atom stereocenters. The van der Waals surface area contributed by atoms with E-state index in [1.807, 2.05) is 34.9 Å². The van der Waals surface area contributed by atoms with Crippen LogP contribution in [0.4, 0.5) is 10.1 Å². The SMILES string of the molecule is CNC(=O)c1c(-c2cccnc2OC)oc2cc(N(C)S)c(-c3ccc4c(n3)-c3cc5c(F)cccc5n3CO4)cc12. The second kappa shape index (κ2) is 9.81. The van der Waals surface area contributed by atoms with Gasteiger partial charge in [-0.05, 0) is 48.5 Å². The summed E-state index contributed by atoms with van der Waals surface area (Å²) in [6.45, 7) is 0.248. The minimum Gasteiger partial charge on any atom is -0.480 e. The number of furan rings is 1. The number of benzene rings is 2. The lowest BCUT2D eigenvalue weighted by atomic mass is 10.0. The number of pyridine rings is 2. The third-order valence-electron chi connectivity index (χ3n) is 7.44. The highest BCUT2D eigenvalue weighted by Gasteiger charge is 2.28. The van der Waals surface area contributed by atoms with E-state index in [0.29, 0.717) is 67.5 Å². The van der Waals surface area contributed by atoms with Crippen molar-refractivity contribution >= 4 is 46.3 Å². The molecule has 4 aromatic heterocycles. The number of ether oxygens (including phenoxy) is 2. The van der Waals surface area contributed by atoms with Gasteiger partial charge in [0.05, 0.1) is 40.8 Å². The molecule has 0 spiro atoms. The maximum Gasteiger partial charge on any atom is 0.255 e. The Hall–Kier alpha value is -5.03. The maximum absolute atomic E-state index is 14.6. The van der Waals surface area contributed by atoms with Crippen LogP contribution >= 0.6 is 12.8 Å². The van der Waals surface area contributed by atoms with Gasteiger partial charge in [0, 0.05) is 42.7 Å². The predicted molar refractivity (Wildman–Crippen MR) is 162 cm³/mol. The Balaban J connectivity index is 1.47. The van der Waals surface area contributed by atoms with Crippen molar-refractivity contribution in [1.82, 2.24) is 19.9 Å². The van der Waals surface area contributed by atoms with Gasteiger partial charge in [-0.1, -0.05) is 18.9 Å². The number of fused-ring (bicyclic) bond motifs is 6. The smallest absolute Gasteiger partial charge is 0.255 e. The van der Waals surface area contributed by atoms with Crippen molar-refractivity contribution < 1.29 is 23.1 Å². The van der Waals surface area contributed by atoms with Gasteiger partial charge in [0.2, 0.25) is 5.88 Å². The quantitative estimate of drug-likeness (QED) is 0.230. The summed E-state index contributed by atoms with van der Waals surface area (Å²) in [6.07, 6.45) is 1.61. The largest absolute Gasteiger partial charge is 0.480 e. The molecule has 7 rings (SSSR count). The second-order valence-corrected chi connectivity index (χ2v) is 10.4. The second-order valence-electron chi connectivity index (χ2n) is 9.78. The number of hydrogen-bond acceptors (Lipinski definition) is 8. The number of thiol groups is 1. The van der Waals surface area contributed by atoms with Crippen LogP contribution in [0.2, 0.25) is 0 Å². The fraction of sp³-hybridized carbons (Fsp3) is 0.129. The highest BCUT2D eigenvalue weighted by molar-refractivity contribution is 7.81. The molecule has 1 aliphatic rings. The first-order chi connectivity index (χ1) is 20.4. The molecule has 0 aliphatic carbocycles. The van der Waals surface area contributed by atoms with Gasteiger partial charge in [0.25, 0.3) is 5.91 Å². The van der Waals surface area contributed by atoms with Crippen molar-refractivity contribution in [3.8, 4) is 45.6 Å². The summed E-state index contributed by atoms with van der Waals surface area (Å²) in [4.78, 5) is 22.5. The molecule has 42 heavy (non-hydrogen) atoms. The van der Waals surface area contributed by atoms with E-state index in [4.69, 9.17) is 18.9 Å². The summed E-state index contributed by atoms with van der Waals surface area (Å²) in [5.74, 6) is 0.621. The van der Waals surface area contributed by atoms with E-state index >= 15 is 0 Å². The molecule has 2 aromatic carbocycles. The Morgan fingerprint density at radius 1 is 1.12 bits per heavy atom. The average Bonchev–Trinajstić information content (AvgIpc) is 3.59. The number of aromatic nitrogens is 3. The molecule has 6 aromatic rings. The van der Waals surface area contributed by atoms with Crippen LogP contribution in [0.15, 0.2) is 71.3 Å². The first-order valence-corrected chi connectivity index (χ1v) is 13.5. The number of halogens is 1. The third-order valence-corrected chi connectivity index (χ3v) is 7.65. The number of methoxy groups -OCH3 is 1. The molecule has 0 radical (unpaired) electrons. The molecule has 210 valence electrons. The van der Waals surface area contributed by atoms with Crippen molar-refractivity contribution in [2.75, 3.05) is 25.5 Å². The normalized spacial score (nSPS) is 12.1. The van der Waals surface area contributed by atoms with Crippen molar-refractivity contribution in [3.05, 3.63) is 78.2 Å². The van der Waals surface area contributed by atoms with Crippen molar-refractivity contribution in [1.29, 1.82) is 0 Å². The highest BCUT2D eigenvalue weighted by atomic mass is 32.1. The van der Waals surface area contributed by atoms with Gasteiger partial charge in [-0.3, -0.25) is 4.79 Å². The summed E-state index contributed by atoms with van der Waals surface area (Å²) < 4.78 is 36.0. The Bertz CT molecular complexity index is 2050. The Kier molecular flexibility index (Phi) is 6.05. The van der Waals surface area contributed by atoms with Gasteiger partial charge >= 0.3 is 0 Å². The molecule has 0 saturated heterocycles. The van der Waals surface area contributed by atoms with Crippen molar-refractivity contribution in [3.63, 3.8) is 0 Å². The van der Waals surface area contributed by atoms with Gasteiger partial charge in [-0.25, -0.2) is 14.4 Å². The van der Waals surface area contributed by atoms with Crippen molar-refractivity contribution in [2.24, 2.45) is 0 Å². The zero-order valence-corrected chi connectivity index (χ0v) is 23.7. The molecule has 0 unspecified atom stereocenters. The summed E-state index contributed by atoms with van der Waals surface area (Å²) in [5, 5.41) is 3.80. The Morgan fingerprint density at radius 2 is 1.98 bits per heavy atom. The zero-order chi connectivity index (χ0) is 29.1. The molecule has 11 heteroatoms. The molecule has 5 heterocycles. The molecule has 1 amide bonds. The van der Waals surface area contributed by atoms with Crippen LogP contribution in [0.1, 0.15) is 10.4 Å². The molecule has 9 nitrogen and oxygen atoms in total. The fourth-order valence-electron chi connectivity index (χ4n) is 5.49. The summed E-state index contributed by atoms with van der Waals surface area (Å²) in [7, 11) is 4.87. The summed E-state index contributed by atoms with van der Waals surface area (Å²) in [5.41, 5.74) is 5.44. The minimum absolute atomic E-state index is 0.248.